The number of sulfonamides is 1. The number of rotatable bonds is 4. The van der Waals surface area contributed by atoms with Gasteiger partial charge in [0.15, 0.2) is 0 Å². The van der Waals surface area contributed by atoms with Crippen LogP contribution >= 0.6 is 0 Å². The van der Waals surface area contributed by atoms with Gasteiger partial charge in [0.05, 0.1) is 5.75 Å². The first-order valence-electron chi connectivity index (χ1n) is 6.56. The molecule has 0 saturated carbocycles. The fraction of sp³-hybridized carbons (Fsp3) is 1.00. The Morgan fingerprint density at radius 3 is 2.59 bits per heavy atom. The van der Waals surface area contributed by atoms with Gasteiger partial charge in [0.25, 0.3) is 0 Å². The van der Waals surface area contributed by atoms with Gasteiger partial charge < -0.3 is 5.32 Å². The fourth-order valence-corrected chi connectivity index (χ4v) is 4.25. The molecule has 2 aliphatic heterocycles. The predicted molar refractivity (Wildman–Crippen MR) is 68.5 cm³/mol. The Kier molecular flexibility index (Phi) is 4.41. The second-order valence-electron chi connectivity index (χ2n) is 4.90. The molecular formula is C11H23N3O2S. The van der Waals surface area contributed by atoms with Crippen molar-refractivity contribution in [1.82, 2.24) is 14.5 Å². The van der Waals surface area contributed by atoms with Crippen molar-refractivity contribution in [3.05, 3.63) is 0 Å². The average Bonchev–Trinajstić information content (AvgIpc) is 2.80. The first-order valence-corrected chi connectivity index (χ1v) is 8.17. The van der Waals surface area contributed by atoms with Gasteiger partial charge in [-0.25, -0.2) is 12.7 Å². The number of nitrogens with zero attached hydrogens (tertiary/aromatic N) is 2. The van der Waals surface area contributed by atoms with E-state index >= 15 is 0 Å². The number of hydrogen-bond donors (Lipinski definition) is 1. The van der Waals surface area contributed by atoms with Crippen LogP contribution in [-0.4, -0.2) is 68.7 Å². The summed E-state index contributed by atoms with van der Waals surface area (Å²) in [5.74, 6) is 0.293. The zero-order valence-electron chi connectivity index (χ0n) is 10.6. The quantitative estimate of drug-likeness (QED) is 0.755. The van der Waals surface area contributed by atoms with Crippen molar-refractivity contribution in [3.63, 3.8) is 0 Å². The Balaban J connectivity index is 1.90. The van der Waals surface area contributed by atoms with Gasteiger partial charge >= 0.3 is 0 Å². The van der Waals surface area contributed by atoms with Crippen LogP contribution in [0.3, 0.4) is 0 Å². The van der Waals surface area contributed by atoms with E-state index in [1.807, 2.05) is 6.92 Å². The lowest BCUT2D eigenvalue weighted by atomic mass is 10.2. The van der Waals surface area contributed by atoms with Crippen LogP contribution in [-0.2, 0) is 10.0 Å². The number of hydrogen-bond acceptors (Lipinski definition) is 4. The van der Waals surface area contributed by atoms with Crippen molar-refractivity contribution in [2.24, 2.45) is 0 Å². The molecule has 0 bridgehead atoms. The van der Waals surface area contributed by atoms with Crippen LogP contribution in [0.15, 0.2) is 0 Å². The van der Waals surface area contributed by atoms with E-state index in [9.17, 15) is 8.42 Å². The van der Waals surface area contributed by atoms with Crippen LogP contribution in [0.5, 0.6) is 0 Å². The highest BCUT2D eigenvalue weighted by Gasteiger charge is 2.33. The molecule has 1 N–H and O–H groups in total. The molecule has 1 unspecified atom stereocenters. The molecule has 6 heteroatoms. The summed E-state index contributed by atoms with van der Waals surface area (Å²) in [5, 5.41) is 3.33. The van der Waals surface area contributed by atoms with Crippen LogP contribution in [0.2, 0.25) is 0 Å². The van der Waals surface area contributed by atoms with Crippen molar-refractivity contribution in [2.45, 2.75) is 25.8 Å². The molecule has 0 aromatic heterocycles. The molecule has 5 nitrogen and oxygen atoms in total. The van der Waals surface area contributed by atoms with E-state index in [2.05, 4.69) is 10.2 Å². The van der Waals surface area contributed by atoms with Crippen LogP contribution in [0.4, 0.5) is 0 Å². The van der Waals surface area contributed by atoms with E-state index in [0.29, 0.717) is 31.3 Å². The van der Waals surface area contributed by atoms with Crippen LogP contribution in [0.25, 0.3) is 0 Å². The number of piperazine rings is 1. The predicted octanol–water partition coefficient (Wildman–Crippen LogP) is -0.294. The van der Waals surface area contributed by atoms with E-state index in [1.165, 1.54) is 0 Å². The highest BCUT2D eigenvalue weighted by molar-refractivity contribution is 7.89. The Morgan fingerprint density at radius 1 is 1.24 bits per heavy atom. The SMILES string of the molecule is CCCS(=O)(=O)N1CCC(N2CCNCC2)C1. The summed E-state index contributed by atoms with van der Waals surface area (Å²) in [7, 11) is -2.99. The van der Waals surface area contributed by atoms with Gasteiger partial charge in [0.1, 0.15) is 0 Å². The molecule has 2 aliphatic rings. The van der Waals surface area contributed by atoms with Crippen LogP contribution in [0.1, 0.15) is 19.8 Å². The topological polar surface area (TPSA) is 52.7 Å². The summed E-state index contributed by atoms with van der Waals surface area (Å²) in [5.41, 5.74) is 0. The molecular weight excluding hydrogens is 238 g/mol. The summed E-state index contributed by atoms with van der Waals surface area (Å²) in [4.78, 5) is 2.43. The Hall–Kier alpha value is -0.170. The molecule has 0 aromatic rings. The van der Waals surface area contributed by atoms with Crippen molar-refractivity contribution in [1.29, 1.82) is 0 Å². The maximum absolute atomic E-state index is 12.0. The number of nitrogens with one attached hydrogen (secondary N) is 1. The first-order chi connectivity index (χ1) is 8.13. The largest absolute Gasteiger partial charge is 0.314 e. The smallest absolute Gasteiger partial charge is 0.214 e. The second kappa shape index (κ2) is 5.65. The third-order valence-electron chi connectivity index (χ3n) is 3.65. The maximum atomic E-state index is 12.0. The summed E-state index contributed by atoms with van der Waals surface area (Å²) in [6.45, 7) is 7.47. The minimum Gasteiger partial charge on any atom is -0.314 e. The molecule has 0 amide bonds. The van der Waals surface area contributed by atoms with Crippen molar-refractivity contribution >= 4 is 10.0 Å². The third-order valence-corrected chi connectivity index (χ3v) is 5.69. The molecule has 2 rings (SSSR count). The molecule has 0 aliphatic carbocycles. The molecule has 0 spiro atoms. The molecule has 1 atom stereocenters. The third kappa shape index (κ3) is 3.19. The Bertz CT molecular complexity index is 339. The lowest BCUT2D eigenvalue weighted by Gasteiger charge is -2.32. The lowest BCUT2D eigenvalue weighted by molar-refractivity contribution is 0.179. The molecule has 0 aromatic carbocycles. The van der Waals surface area contributed by atoms with E-state index < -0.39 is 10.0 Å². The molecule has 2 fully saturated rings. The molecule has 2 saturated heterocycles. The highest BCUT2D eigenvalue weighted by Crippen LogP contribution is 2.19. The van der Waals surface area contributed by atoms with Crippen LogP contribution in [0, 0.1) is 0 Å². The van der Waals surface area contributed by atoms with Crippen molar-refractivity contribution in [3.8, 4) is 0 Å². The van der Waals surface area contributed by atoms with Gasteiger partial charge in [-0.15, -0.1) is 0 Å². The average molecular weight is 261 g/mol. The maximum Gasteiger partial charge on any atom is 0.214 e. The minimum atomic E-state index is -2.99. The summed E-state index contributed by atoms with van der Waals surface area (Å²) in [6, 6.07) is 0.434. The van der Waals surface area contributed by atoms with Gasteiger partial charge in [-0.1, -0.05) is 6.92 Å². The molecule has 17 heavy (non-hydrogen) atoms. The van der Waals surface area contributed by atoms with Gasteiger partial charge in [-0.2, -0.15) is 0 Å². The standard InChI is InChI=1S/C11H23N3O2S/c1-2-9-17(15,16)14-6-3-11(10-14)13-7-4-12-5-8-13/h11-12H,2-10H2,1H3. The zero-order chi connectivity index (χ0) is 12.3. The monoisotopic (exact) mass is 261 g/mol. The Labute approximate surface area is 104 Å². The van der Waals surface area contributed by atoms with Gasteiger partial charge in [-0.05, 0) is 12.8 Å². The van der Waals surface area contributed by atoms with Gasteiger partial charge in [-0.3, -0.25) is 4.90 Å². The van der Waals surface area contributed by atoms with Gasteiger partial charge in [0, 0.05) is 45.3 Å². The normalized spacial score (nSPS) is 28.6. The molecule has 100 valence electrons. The summed E-state index contributed by atoms with van der Waals surface area (Å²) in [6.07, 6.45) is 1.69. The van der Waals surface area contributed by atoms with Gasteiger partial charge in [0.2, 0.25) is 10.0 Å². The van der Waals surface area contributed by atoms with E-state index in [1.54, 1.807) is 4.31 Å². The van der Waals surface area contributed by atoms with Crippen molar-refractivity contribution in [2.75, 3.05) is 45.0 Å². The minimum absolute atomic E-state index is 0.293. The lowest BCUT2D eigenvalue weighted by Crippen LogP contribution is -2.49. The zero-order valence-corrected chi connectivity index (χ0v) is 11.4. The van der Waals surface area contributed by atoms with E-state index in [-0.39, 0.29) is 0 Å². The Morgan fingerprint density at radius 2 is 1.94 bits per heavy atom. The summed E-state index contributed by atoms with van der Waals surface area (Å²) >= 11 is 0. The first kappa shape index (κ1) is 13.3. The highest BCUT2D eigenvalue weighted by atomic mass is 32.2. The second-order valence-corrected chi connectivity index (χ2v) is 6.99. The van der Waals surface area contributed by atoms with Crippen LogP contribution < -0.4 is 5.32 Å². The van der Waals surface area contributed by atoms with E-state index in [0.717, 1.165) is 32.6 Å². The summed E-state index contributed by atoms with van der Waals surface area (Å²) < 4.78 is 25.6. The van der Waals surface area contributed by atoms with E-state index in [4.69, 9.17) is 0 Å². The molecule has 0 radical (unpaired) electrons. The molecule has 2 heterocycles. The van der Waals surface area contributed by atoms with Crippen molar-refractivity contribution < 1.29 is 8.42 Å². The fourth-order valence-electron chi connectivity index (χ4n) is 2.70.